The molecule has 2 N–H and O–H groups in total. The third kappa shape index (κ3) is 3.68. The van der Waals surface area contributed by atoms with Crippen molar-refractivity contribution in [1.29, 1.82) is 0 Å². The quantitative estimate of drug-likeness (QED) is 0.671. The molecule has 0 aliphatic heterocycles. The van der Waals surface area contributed by atoms with Crippen molar-refractivity contribution < 1.29 is 19.4 Å². The minimum atomic E-state index is -1.17. The van der Waals surface area contributed by atoms with Gasteiger partial charge >= 0.3 is 5.97 Å². The maximum absolute atomic E-state index is 15.0. The molecular formula is C21H25FO3. The molecule has 0 radical (unpaired) electrons. The predicted octanol–water partition coefficient (Wildman–Crippen LogP) is 5.87. The van der Waals surface area contributed by atoms with Gasteiger partial charge in [0.2, 0.25) is 0 Å². The lowest BCUT2D eigenvalue weighted by molar-refractivity contribution is 0.0696. The number of hydrogen-bond acceptors (Lipinski definition) is 2. The molecule has 3 nitrogen and oxygen atoms in total. The van der Waals surface area contributed by atoms with Crippen LogP contribution in [-0.2, 0) is 0 Å². The smallest absolute Gasteiger partial charge is 0.335 e. The molecule has 1 aromatic carbocycles. The van der Waals surface area contributed by atoms with Gasteiger partial charge in [0.1, 0.15) is 11.6 Å². The van der Waals surface area contributed by atoms with E-state index in [1.165, 1.54) is 17.7 Å². The lowest BCUT2D eigenvalue weighted by Gasteiger charge is -2.36. The van der Waals surface area contributed by atoms with E-state index in [1.807, 2.05) is 0 Å². The summed E-state index contributed by atoms with van der Waals surface area (Å²) in [7, 11) is 0. The average Bonchev–Trinajstić information content (AvgIpc) is 2.52. The maximum Gasteiger partial charge on any atom is 0.335 e. The number of carbonyl (C=O) groups is 1. The summed E-state index contributed by atoms with van der Waals surface area (Å²) in [5, 5.41) is 19.0. The van der Waals surface area contributed by atoms with Gasteiger partial charge in [0.05, 0.1) is 11.1 Å². The number of phenolic OH excluding ortho intramolecular Hbond substituents is 1. The molecule has 1 aromatic rings. The van der Waals surface area contributed by atoms with Crippen LogP contribution in [0.3, 0.4) is 0 Å². The van der Waals surface area contributed by atoms with Crippen molar-refractivity contribution in [3.8, 4) is 5.75 Å². The molecule has 1 aliphatic rings. The Balaban J connectivity index is 2.49. The van der Waals surface area contributed by atoms with E-state index in [1.54, 1.807) is 6.92 Å². The van der Waals surface area contributed by atoms with Crippen LogP contribution < -0.4 is 0 Å². The first kappa shape index (κ1) is 19.0. The molecule has 4 heteroatoms. The molecule has 1 aliphatic carbocycles. The lowest BCUT2D eigenvalue weighted by Crippen LogP contribution is -2.22. The number of hydrogen-bond donors (Lipinski definition) is 2. The zero-order valence-electron chi connectivity index (χ0n) is 15.2. The number of aromatic carboxylic acids is 1. The fraction of sp³-hybridized carbons (Fsp3) is 0.381. The number of benzene rings is 1. The molecule has 0 amide bonds. The second-order valence-corrected chi connectivity index (χ2v) is 7.35. The largest absolute Gasteiger partial charge is 0.507 e. The van der Waals surface area contributed by atoms with E-state index >= 15 is 0 Å². The van der Waals surface area contributed by atoms with Crippen LogP contribution >= 0.6 is 0 Å². The summed E-state index contributed by atoms with van der Waals surface area (Å²) < 4.78 is 15.0. The van der Waals surface area contributed by atoms with Gasteiger partial charge in [0.25, 0.3) is 0 Å². The molecule has 0 aromatic heterocycles. The highest BCUT2D eigenvalue weighted by Gasteiger charge is 2.31. The van der Waals surface area contributed by atoms with Gasteiger partial charge in [-0.2, -0.15) is 0 Å². The fourth-order valence-corrected chi connectivity index (χ4v) is 3.66. The zero-order valence-corrected chi connectivity index (χ0v) is 15.2. The standard InChI is InChI=1S/C21H25FO3/c1-12-7-6-10-21(4,5)18(12)13(2)14(3)19(22)16-9-8-15(20(24)25)11-17(16)23/h8-9,11,23H,2,6-7,10H2,1,3-5H3,(H,24,25). The van der Waals surface area contributed by atoms with Crippen LogP contribution in [0.2, 0.25) is 0 Å². The van der Waals surface area contributed by atoms with Gasteiger partial charge < -0.3 is 10.2 Å². The molecule has 0 saturated heterocycles. The first-order chi connectivity index (χ1) is 11.6. The van der Waals surface area contributed by atoms with Crippen LogP contribution in [0, 0.1) is 5.41 Å². The highest BCUT2D eigenvalue weighted by Crippen LogP contribution is 2.46. The molecule has 0 atom stereocenters. The normalized spacial score (nSPS) is 18.0. The van der Waals surface area contributed by atoms with Crippen molar-refractivity contribution >= 4 is 11.8 Å². The number of carboxylic acids is 1. The Kier molecular flexibility index (Phi) is 5.21. The highest BCUT2D eigenvalue weighted by atomic mass is 19.1. The van der Waals surface area contributed by atoms with E-state index in [2.05, 4.69) is 27.4 Å². The van der Waals surface area contributed by atoms with Crippen LogP contribution in [0.15, 0.2) is 47.1 Å². The molecule has 0 spiro atoms. The highest BCUT2D eigenvalue weighted by molar-refractivity contribution is 5.89. The molecule has 2 rings (SSSR count). The SMILES string of the molecule is C=C(C(C)=C(F)c1ccc(C(=O)O)cc1O)C1=C(C)CCCC1(C)C. The Morgan fingerprint density at radius 3 is 2.48 bits per heavy atom. The van der Waals surface area contributed by atoms with Crippen molar-refractivity contribution in [1.82, 2.24) is 0 Å². The van der Waals surface area contributed by atoms with Gasteiger partial charge in [-0.3, -0.25) is 0 Å². The monoisotopic (exact) mass is 344 g/mol. The van der Waals surface area contributed by atoms with Gasteiger partial charge in [-0.05, 0) is 73.4 Å². The van der Waals surface area contributed by atoms with Crippen molar-refractivity contribution in [3.63, 3.8) is 0 Å². The minimum Gasteiger partial charge on any atom is -0.507 e. The number of phenols is 1. The third-order valence-corrected chi connectivity index (χ3v) is 5.02. The molecule has 0 heterocycles. The Bertz CT molecular complexity index is 797. The zero-order chi connectivity index (χ0) is 18.9. The Labute approximate surface area is 148 Å². The summed E-state index contributed by atoms with van der Waals surface area (Å²) in [5.41, 5.74) is 3.12. The summed E-state index contributed by atoms with van der Waals surface area (Å²) in [5.74, 6) is -2.14. The number of allylic oxidation sites excluding steroid dienone is 4. The molecule has 25 heavy (non-hydrogen) atoms. The molecule has 0 unspecified atom stereocenters. The molecule has 134 valence electrons. The van der Waals surface area contributed by atoms with E-state index in [-0.39, 0.29) is 16.5 Å². The summed E-state index contributed by atoms with van der Waals surface area (Å²) in [6, 6.07) is 3.63. The molecule has 0 bridgehead atoms. The van der Waals surface area contributed by atoms with Gasteiger partial charge in [-0.25, -0.2) is 9.18 Å². The van der Waals surface area contributed by atoms with Crippen LogP contribution in [0.25, 0.3) is 5.83 Å². The van der Waals surface area contributed by atoms with Crippen molar-refractivity contribution in [2.75, 3.05) is 0 Å². The Morgan fingerprint density at radius 2 is 1.96 bits per heavy atom. The average molecular weight is 344 g/mol. The van der Waals surface area contributed by atoms with Gasteiger partial charge in [0.15, 0.2) is 0 Å². The van der Waals surface area contributed by atoms with E-state index in [0.29, 0.717) is 11.1 Å². The molecule has 0 saturated carbocycles. The summed E-state index contributed by atoms with van der Waals surface area (Å²) >= 11 is 0. The van der Waals surface area contributed by atoms with Crippen LogP contribution in [0.4, 0.5) is 4.39 Å². The minimum absolute atomic E-state index is 0.0180. The third-order valence-electron chi connectivity index (χ3n) is 5.02. The lowest BCUT2D eigenvalue weighted by atomic mass is 9.69. The number of halogens is 1. The first-order valence-electron chi connectivity index (χ1n) is 8.39. The Hall–Kier alpha value is -2.36. The van der Waals surface area contributed by atoms with E-state index in [4.69, 9.17) is 5.11 Å². The van der Waals surface area contributed by atoms with Gasteiger partial charge in [-0.1, -0.05) is 26.0 Å². The second-order valence-electron chi connectivity index (χ2n) is 7.35. The predicted molar refractivity (Wildman–Crippen MR) is 98.2 cm³/mol. The fourth-order valence-electron chi connectivity index (χ4n) is 3.66. The van der Waals surface area contributed by atoms with Crippen molar-refractivity contribution in [3.05, 3.63) is 58.2 Å². The van der Waals surface area contributed by atoms with Crippen LogP contribution in [0.5, 0.6) is 5.75 Å². The summed E-state index contributed by atoms with van der Waals surface area (Å²) in [4.78, 5) is 11.0. The van der Waals surface area contributed by atoms with Crippen molar-refractivity contribution in [2.45, 2.75) is 47.0 Å². The van der Waals surface area contributed by atoms with E-state index < -0.39 is 17.5 Å². The number of rotatable bonds is 4. The topological polar surface area (TPSA) is 57.5 Å². The first-order valence-corrected chi connectivity index (χ1v) is 8.39. The van der Waals surface area contributed by atoms with Gasteiger partial charge in [-0.15, -0.1) is 0 Å². The van der Waals surface area contributed by atoms with Crippen LogP contribution in [0.1, 0.15) is 62.9 Å². The number of aromatic hydroxyl groups is 1. The summed E-state index contributed by atoms with van der Waals surface area (Å²) in [6.07, 6.45) is 3.11. The Morgan fingerprint density at radius 1 is 1.32 bits per heavy atom. The van der Waals surface area contributed by atoms with E-state index in [0.717, 1.165) is 30.9 Å². The van der Waals surface area contributed by atoms with Crippen molar-refractivity contribution in [2.24, 2.45) is 5.41 Å². The maximum atomic E-state index is 15.0. The second kappa shape index (κ2) is 6.87. The van der Waals surface area contributed by atoms with Crippen LogP contribution in [-0.4, -0.2) is 16.2 Å². The molecular weight excluding hydrogens is 319 g/mol. The van der Waals surface area contributed by atoms with Gasteiger partial charge in [0, 0.05) is 0 Å². The van der Waals surface area contributed by atoms with E-state index in [9.17, 15) is 14.3 Å². The molecule has 0 fully saturated rings. The number of carboxylic acid groups (broad SMARTS) is 1. The summed E-state index contributed by atoms with van der Waals surface area (Å²) in [6.45, 7) is 12.1.